The number of aliphatic carboxylic acids is 2. The zero-order chi connectivity index (χ0) is 14.9. The van der Waals surface area contributed by atoms with Crippen molar-refractivity contribution in [2.75, 3.05) is 0 Å². The molecule has 0 aliphatic carbocycles. The van der Waals surface area contributed by atoms with Crippen molar-refractivity contribution in [3.63, 3.8) is 0 Å². The molecule has 0 saturated heterocycles. The maximum Gasteiger partial charge on any atom is 0.357 e. The summed E-state index contributed by atoms with van der Waals surface area (Å²) < 4.78 is 22.0. The summed E-state index contributed by atoms with van der Waals surface area (Å²) in [6, 6.07) is 0. The molecule has 106 valence electrons. The van der Waals surface area contributed by atoms with Crippen molar-refractivity contribution in [1.82, 2.24) is 0 Å². The van der Waals surface area contributed by atoms with Gasteiger partial charge in [0.1, 0.15) is 5.66 Å². The van der Waals surface area contributed by atoms with E-state index in [1.54, 1.807) is 0 Å². The zero-order valence-electron chi connectivity index (χ0n) is 8.57. The average Bonchev–Trinajstić information content (AvgIpc) is 2.08. The molecule has 0 aromatic rings. The second kappa shape index (κ2) is 5.06. The highest BCUT2D eigenvalue weighted by Crippen LogP contribution is 2.59. The van der Waals surface area contributed by atoms with E-state index in [0.29, 0.717) is 0 Å². The first-order valence-electron chi connectivity index (χ1n) is 4.09. The first-order valence-corrected chi connectivity index (χ1v) is 7.39. The topological polar surface area (TPSA) is 216 Å². The molecule has 13 heteroatoms. The highest BCUT2D eigenvalue weighted by atomic mass is 31.2. The van der Waals surface area contributed by atoms with Crippen LogP contribution in [0, 0.1) is 0 Å². The van der Waals surface area contributed by atoms with Gasteiger partial charge in [-0.3, -0.25) is 13.9 Å². The van der Waals surface area contributed by atoms with Crippen molar-refractivity contribution < 1.29 is 48.5 Å². The fourth-order valence-corrected chi connectivity index (χ4v) is 3.81. The number of carboxylic acids is 2. The van der Waals surface area contributed by atoms with Crippen LogP contribution in [0.15, 0.2) is 0 Å². The van der Waals surface area contributed by atoms with Crippen LogP contribution in [0.5, 0.6) is 0 Å². The lowest BCUT2D eigenvalue weighted by Gasteiger charge is -2.33. The fourth-order valence-electron chi connectivity index (χ4n) is 1.16. The summed E-state index contributed by atoms with van der Waals surface area (Å²) in [4.78, 5) is 56.5. The van der Waals surface area contributed by atoms with Crippen LogP contribution in [-0.2, 0) is 18.7 Å². The summed E-state index contributed by atoms with van der Waals surface area (Å²) in [5, 5.41) is 13.4. The maximum absolute atomic E-state index is 11.0. The highest BCUT2D eigenvalue weighted by Gasteiger charge is 2.62. The number of hydrogen-bond acceptors (Lipinski definition) is 5. The van der Waals surface area contributed by atoms with E-state index in [9.17, 15) is 18.7 Å². The van der Waals surface area contributed by atoms with Gasteiger partial charge in [0.25, 0.3) is 0 Å². The molecule has 0 aliphatic heterocycles. The molecule has 0 spiro atoms. The molecule has 8 N–H and O–H groups in total. The second-order valence-corrected chi connectivity index (χ2v) is 7.01. The van der Waals surface area contributed by atoms with Crippen molar-refractivity contribution in [1.29, 1.82) is 0 Å². The normalized spacial score (nSPS) is 17.8. The van der Waals surface area contributed by atoms with Crippen LogP contribution in [0.1, 0.15) is 6.42 Å². The number of carbonyl (C=O) groups is 2. The first-order chi connectivity index (χ1) is 7.74. The summed E-state index contributed by atoms with van der Waals surface area (Å²) >= 11 is 0. The molecule has 2 atom stereocenters. The van der Waals surface area contributed by atoms with Gasteiger partial charge in [0.15, 0.2) is 0 Å². The second-order valence-electron chi connectivity index (χ2n) is 3.38. The summed E-state index contributed by atoms with van der Waals surface area (Å²) in [6.45, 7) is 0. The van der Waals surface area contributed by atoms with Crippen molar-refractivity contribution >= 4 is 27.1 Å². The molecule has 1 unspecified atom stereocenters. The monoisotopic (exact) mass is 307 g/mol. The van der Waals surface area contributed by atoms with Gasteiger partial charge in [-0.2, -0.15) is 0 Å². The van der Waals surface area contributed by atoms with E-state index in [1.165, 1.54) is 0 Å². The van der Waals surface area contributed by atoms with Crippen LogP contribution in [0.4, 0.5) is 0 Å². The summed E-state index contributed by atoms with van der Waals surface area (Å²) in [5.74, 6) is -4.28. The van der Waals surface area contributed by atoms with Gasteiger partial charge >= 0.3 is 27.1 Å². The van der Waals surface area contributed by atoms with Gasteiger partial charge in [0, 0.05) is 0 Å². The van der Waals surface area contributed by atoms with Crippen molar-refractivity contribution in [3.05, 3.63) is 0 Å². The molecule has 0 amide bonds. The maximum atomic E-state index is 11.0. The van der Waals surface area contributed by atoms with E-state index < -0.39 is 44.5 Å². The van der Waals surface area contributed by atoms with Crippen LogP contribution in [0.25, 0.3) is 0 Å². The fraction of sp³-hybridized carbons (Fsp3) is 0.600. The van der Waals surface area contributed by atoms with E-state index in [-0.39, 0.29) is 0 Å². The molecule has 0 aromatic carbocycles. The molecule has 0 bridgehead atoms. The van der Waals surface area contributed by atoms with E-state index in [0.717, 1.165) is 0 Å². The predicted molar refractivity (Wildman–Crippen MR) is 54.7 cm³/mol. The van der Waals surface area contributed by atoms with Gasteiger partial charge in [0.05, 0.1) is 6.42 Å². The lowest BCUT2D eigenvalue weighted by molar-refractivity contribution is -0.141. The van der Waals surface area contributed by atoms with Gasteiger partial charge in [-0.25, -0.2) is 4.79 Å². The van der Waals surface area contributed by atoms with E-state index in [4.69, 9.17) is 35.5 Å². The molecular weight excluding hydrogens is 296 g/mol. The van der Waals surface area contributed by atoms with Crippen LogP contribution in [0.2, 0.25) is 0 Å². The Balaban J connectivity index is 5.98. The van der Waals surface area contributed by atoms with Gasteiger partial charge in [-0.05, 0) is 0 Å². The summed E-state index contributed by atoms with van der Waals surface area (Å²) in [6.07, 6.45) is -1.52. The number of nitrogens with two attached hydrogens (primary N) is 1. The van der Waals surface area contributed by atoms with Crippen molar-refractivity contribution in [2.24, 2.45) is 5.73 Å². The molecule has 18 heavy (non-hydrogen) atoms. The largest absolute Gasteiger partial charge is 0.481 e. The minimum absolute atomic E-state index is 1.52. The molecule has 0 heterocycles. The lowest BCUT2D eigenvalue weighted by Crippen LogP contribution is -2.57. The smallest absolute Gasteiger partial charge is 0.357 e. The third-order valence-corrected chi connectivity index (χ3v) is 5.18. The summed E-state index contributed by atoms with van der Waals surface area (Å²) in [5.41, 5.74) is 2.12. The Bertz CT molecular complexity index is 449. The van der Waals surface area contributed by atoms with Gasteiger partial charge in [0.2, 0.25) is 5.28 Å². The third-order valence-electron chi connectivity index (χ3n) is 2.11. The van der Waals surface area contributed by atoms with E-state index >= 15 is 0 Å². The first kappa shape index (κ1) is 17.2. The molecular formula is C5H11NO10P2. The molecule has 0 radical (unpaired) electrons. The molecule has 0 saturated carbocycles. The van der Waals surface area contributed by atoms with Crippen molar-refractivity contribution in [2.45, 2.75) is 17.4 Å². The standard InChI is InChI=1S/C5H11NO10P2/c6-5(4(9)10,18(14,15)16)2(1-3(7)8)17(11,12)13/h2H,1,6H2,(H,7,8)(H,9,10)(H2,11,12,13)(H2,14,15,16)/t2?,5-/m1/s1. The van der Waals surface area contributed by atoms with Gasteiger partial charge in [-0.1, -0.05) is 0 Å². The quantitative estimate of drug-likeness (QED) is 0.264. The van der Waals surface area contributed by atoms with Gasteiger partial charge in [-0.15, -0.1) is 0 Å². The number of carboxylic acid groups (broad SMARTS) is 2. The molecule has 0 rings (SSSR count). The number of hydrogen-bond donors (Lipinski definition) is 7. The van der Waals surface area contributed by atoms with Crippen LogP contribution in [-0.4, -0.2) is 52.7 Å². The Morgan fingerprint density at radius 1 is 1.11 bits per heavy atom. The predicted octanol–water partition coefficient (Wildman–Crippen LogP) is -2.08. The Morgan fingerprint density at radius 2 is 1.50 bits per heavy atom. The Labute approximate surface area is 99.6 Å². The zero-order valence-corrected chi connectivity index (χ0v) is 10.4. The molecule has 0 aliphatic rings. The van der Waals surface area contributed by atoms with Crippen molar-refractivity contribution in [3.8, 4) is 0 Å². The molecule has 11 nitrogen and oxygen atoms in total. The molecule has 0 aromatic heterocycles. The average molecular weight is 307 g/mol. The third kappa shape index (κ3) is 3.36. The number of rotatable bonds is 6. The van der Waals surface area contributed by atoms with E-state index in [1.807, 2.05) is 0 Å². The SMILES string of the molecule is N[C@](C(=O)O)(C(CC(=O)O)P(=O)(O)O)P(=O)(O)O. The summed E-state index contributed by atoms with van der Waals surface area (Å²) in [7, 11) is -11.2. The Hall–Kier alpha value is -0.800. The van der Waals surface area contributed by atoms with Crippen LogP contribution < -0.4 is 5.73 Å². The van der Waals surface area contributed by atoms with Gasteiger partial charge < -0.3 is 35.5 Å². The van der Waals surface area contributed by atoms with Crippen LogP contribution >= 0.6 is 15.2 Å². The molecule has 0 fully saturated rings. The lowest BCUT2D eigenvalue weighted by atomic mass is 10.1. The van der Waals surface area contributed by atoms with E-state index in [2.05, 4.69) is 0 Å². The minimum Gasteiger partial charge on any atom is -0.481 e. The minimum atomic E-state index is -5.73. The highest BCUT2D eigenvalue weighted by molar-refractivity contribution is 7.58. The van der Waals surface area contributed by atoms with Crippen LogP contribution in [0.3, 0.4) is 0 Å². The Kier molecular flexibility index (Phi) is 4.83. The Morgan fingerprint density at radius 3 is 1.67 bits per heavy atom.